The van der Waals surface area contributed by atoms with Gasteiger partial charge in [0, 0.05) is 23.3 Å². The standard InChI is InChI=1S/C18H24N2O3/c1-8-11(6-7-13(21)22)19-9(2)14(8)16-10-4-3-5-12-15(10)17(16)18(23)20-12/h10,12,15-17,19H,3-7H2,1-2H3,(H,20,23)(H,21,22). The average Bonchev–Trinajstić information content (AvgIpc) is 2.94. The number of aromatic nitrogens is 1. The van der Waals surface area contributed by atoms with Gasteiger partial charge in [0.05, 0.1) is 12.3 Å². The Kier molecular flexibility index (Phi) is 3.29. The predicted octanol–water partition coefficient (Wildman–Crippen LogP) is 2.28. The minimum absolute atomic E-state index is 0.130. The van der Waals surface area contributed by atoms with Crippen molar-refractivity contribution in [3.8, 4) is 0 Å². The van der Waals surface area contributed by atoms with Crippen LogP contribution in [0, 0.1) is 31.6 Å². The second kappa shape index (κ2) is 5.11. The molecule has 1 amide bonds. The molecule has 5 heteroatoms. The van der Waals surface area contributed by atoms with Gasteiger partial charge < -0.3 is 15.4 Å². The Hall–Kier alpha value is -1.78. The van der Waals surface area contributed by atoms with Crippen LogP contribution in [0.4, 0.5) is 0 Å². The highest BCUT2D eigenvalue weighted by Crippen LogP contribution is 2.61. The molecule has 1 saturated heterocycles. The molecule has 2 heterocycles. The average molecular weight is 316 g/mol. The van der Waals surface area contributed by atoms with E-state index in [1.54, 1.807) is 0 Å². The highest BCUT2D eigenvalue weighted by Gasteiger charge is 2.62. The number of aromatic amines is 1. The number of hydrogen-bond donors (Lipinski definition) is 3. The lowest BCUT2D eigenvalue weighted by Gasteiger charge is -2.52. The first kappa shape index (κ1) is 14.8. The van der Waals surface area contributed by atoms with Crippen LogP contribution in [0.25, 0.3) is 0 Å². The molecule has 2 aliphatic carbocycles. The molecule has 0 bridgehead atoms. The molecular formula is C18H24N2O3. The molecule has 3 aliphatic rings. The highest BCUT2D eigenvalue weighted by atomic mass is 16.4. The summed E-state index contributed by atoms with van der Waals surface area (Å²) in [7, 11) is 0. The fourth-order valence-corrected chi connectivity index (χ4v) is 5.54. The van der Waals surface area contributed by atoms with Crippen molar-refractivity contribution in [3.05, 3.63) is 22.5 Å². The number of amides is 1. The Bertz CT molecular complexity index is 678. The van der Waals surface area contributed by atoms with E-state index in [-0.39, 0.29) is 18.2 Å². The number of H-pyrrole nitrogens is 1. The number of carboxylic acids is 1. The topological polar surface area (TPSA) is 82.2 Å². The van der Waals surface area contributed by atoms with Gasteiger partial charge in [-0.15, -0.1) is 0 Å². The fourth-order valence-electron chi connectivity index (χ4n) is 5.54. The fraction of sp³-hybridized carbons (Fsp3) is 0.667. The third kappa shape index (κ3) is 2.05. The molecule has 3 fully saturated rings. The van der Waals surface area contributed by atoms with Crippen LogP contribution in [0.5, 0.6) is 0 Å². The van der Waals surface area contributed by atoms with Gasteiger partial charge in [-0.05, 0) is 56.1 Å². The van der Waals surface area contributed by atoms with Gasteiger partial charge in [0.15, 0.2) is 0 Å². The van der Waals surface area contributed by atoms with Crippen LogP contribution in [-0.2, 0) is 16.0 Å². The van der Waals surface area contributed by atoms with Crippen LogP contribution < -0.4 is 5.32 Å². The van der Waals surface area contributed by atoms with Crippen molar-refractivity contribution in [1.29, 1.82) is 0 Å². The molecule has 124 valence electrons. The van der Waals surface area contributed by atoms with E-state index in [1.165, 1.54) is 24.0 Å². The summed E-state index contributed by atoms with van der Waals surface area (Å²) in [6, 6.07) is 0.397. The van der Waals surface area contributed by atoms with E-state index in [9.17, 15) is 9.59 Å². The summed E-state index contributed by atoms with van der Waals surface area (Å²) in [6.07, 6.45) is 4.21. The lowest BCUT2D eigenvalue weighted by molar-refractivity contribution is -0.137. The number of carbonyl (C=O) groups is 2. The molecule has 0 spiro atoms. The third-order valence-corrected chi connectivity index (χ3v) is 6.43. The monoisotopic (exact) mass is 316 g/mol. The van der Waals surface area contributed by atoms with Crippen LogP contribution in [0.3, 0.4) is 0 Å². The van der Waals surface area contributed by atoms with Crippen molar-refractivity contribution in [3.63, 3.8) is 0 Å². The van der Waals surface area contributed by atoms with E-state index >= 15 is 0 Å². The van der Waals surface area contributed by atoms with E-state index in [2.05, 4.69) is 24.1 Å². The SMILES string of the molecule is Cc1[nH]c(CCC(=O)O)c(C)c1C1C2CCCC3NC(=O)C1C32. The number of carboxylic acid groups (broad SMARTS) is 1. The molecule has 0 aromatic carbocycles. The molecule has 1 aromatic heterocycles. The van der Waals surface area contributed by atoms with Crippen molar-refractivity contribution in [2.75, 3.05) is 0 Å². The quantitative estimate of drug-likeness (QED) is 0.797. The first-order valence-electron chi connectivity index (χ1n) is 8.69. The Morgan fingerprint density at radius 2 is 2.04 bits per heavy atom. The largest absolute Gasteiger partial charge is 0.481 e. The zero-order chi connectivity index (χ0) is 16.3. The molecule has 2 saturated carbocycles. The summed E-state index contributed by atoms with van der Waals surface area (Å²) < 4.78 is 0. The molecule has 5 unspecified atom stereocenters. The summed E-state index contributed by atoms with van der Waals surface area (Å²) in [5.74, 6) is 1.05. The van der Waals surface area contributed by atoms with Crippen molar-refractivity contribution in [2.24, 2.45) is 17.8 Å². The highest BCUT2D eigenvalue weighted by molar-refractivity contribution is 5.85. The van der Waals surface area contributed by atoms with Gasteiger partial charge in [0.25, 0.3) is 0 Å². The maximum Gasteiger partial charge on any atom is 0.303 e. The van der Waals surface area contributed by atoms with Crippen LogP contribution in [0.2, 0.25) is 0 Å². The Morgan fingerprint density at radius 3 is 2.78 bits per heavy atom. The number of nitrogens with one attached hydrogen (secondary N) is 2. The van der Waals surface area contributed by atoms with Gasteiger partial charge in [0.1, 0.15) is 0 Å². The molecule has 3 N–H and O–H groups in total. The van der Waals surface area contributed by atoms with E-state index < -0.39 is 5.97 Å². The van der Waals surface area contributed by atoms with E-state index in [0.717, 1.165) is 17.8 Å². The Labute approximate surface area is 135 Å². The molecule has 0 radical (unpaired) electrons. The van der Waals surface area contributed by atoms with Gasteiger partial charge in [-0.1, -0.05) is 6.42 Å². The number of rotatable bonds is 4. The molecule has 5 nitrogen and oxygen atoms in total. The van der Waals surface area contributed by atoms with E-state index in [1.807, 2.05) is 0 Å². The summed E-state index contributed by atoms with van der Waals surface area (Å²) >= 11 is 0. The van der Waals surface area contributed by atoms with Gasteiger partial charge in [-0.3, -0.25) is 9.59 Å². The van der Waals surface area contributed by atoms with Gasteiger partial charge in [0.2, 0.25) is 5.91 Å². The second-order valence-corrected chi connectivity index (χ2v) is 7.50. The van der Waals surface area contributed by atoms with Crippen molar-refractivity contribution >= 4 is 11.9 Å². The smallest absolute Gasteiger partial charge is 0.303 e. The van der Waals surface area contributed by atoms with Crippen LogP contribution in [0.1, 0.15) is 54.1 Å². The normalized spacial score (nSPS) is 34.7. The minimum Gasteiger partial charge on any atom is -0.481 e. The van der Waals surface area contributed by atoms with Crippen LogP contribution in [0.15, 0.2) is 0 Å². The molecule has 5 atom stereocenters. The van der Waals surface area contributed by atoms with E-state index in [0.29, 0.717) is 30.2 Å². The van der Waals surface area contributed by atoms with Crippen molar-refractivity contribution in [2.45, 2.75) is 57.9 Å². The van der Waals surface area contributed by atoms with Crippen molar-refractivity contribution < 1.29 is 14.7 Å². The van der Waals surface area contributed by atoms with Crippen LogP contribution in [-0.4, -0.2) is 28.0 Å². The molecule has 23 heavy (non-hydrogen) atoms. The summed E-state index contributed by atoms with van der Waals surface area (Å²) in [5.41, 5.74) is 4.60. The number of aryl methyl sites for hydroxylation is 2. The zero-order valence-corrected chi connectivity index (χ0v) is 13.7. The van der Waals surface area contributed by atoms with Crippen molar-refractivity contribution in [1.82, 2.24) is 10.3 Å². The molecular weight excluding hydrogens is 292 g/mol. The first-order chi connectivity index (χ1) is 11.0. The maximum absolute atomic E-state index is 12.4. The Morgan fingerprint density at radius 1 is 1.26 bits per heavy atom. The van der Waals surface area contributed by atoms with Gasteiger partial charge >= 0.3 is 5.97 Å². The minimum atomic E-state index is -0.771. The van der Waals surface area contributed by atoms with Crippen LogP contribution >= 0.6 is 0 Å². The zero-order valence-electron chi connectivity index (χ0n) is 13.7. The first-order valence-corrected chi connectivity index (χ1v) is 8.69. The number of carbonyl (C=O) groups excluding carboxylic acids is 1. The lowest BCUT2D eigenvalue weighted by Crippen LogP contribution is -2.50. The number of hydrogen-bond acceptors (Lipinski definition) is 2. The maximum atomic E-state index is 12.4. The number of aliphatic carboxylic acids is 1. The summed E-state index contributed by atoms with van der Waals surface area (Å²) in [5, 5.41) is 12.1. The second-order valence-electron chi connectivity index (χ2n) is 7.50. The van der Waals surface area contributed by atoms with E-state index in [4.69, 9.17) is 5.11 Å². The summed E-state index contributed by atoms with van der Waals surface area (Å²) in [6.45, 7) is 4.14. The molecule has 1 aliphatic heterocycles. The lowest BCUT2D eigenvalue weighted by atomic mass is 9.50. The van der Waals surface area contributed by atoms with Gasteiger partial charge in [-0.2, -0.15) is 0 Å². The molecule has 1 aromatic rings. The Balaban J connectivity index is 1.66. The summed E-state index contributed by atoms with van der Waals surface area (Å²) in [4.78, 5) is 26.6. The molecule has 4 rings (SSSR count). The van der Waals surface area contributed by atoms with Gasteiger partial charge in [-0.25, -0.2) is 0 Å². The third-order valence-electron chi connectivity index (χ3n) is 6.43. The predicted molar refractivity (Wildman–Crippen MR) is 85.2 cm³/mol.